The third kappa shape index (κ3) is 3.62. The molecule has 2 rings (SSSR count). The Morgan fingerprint density at radius 1 is 1.28 bits per heavy atom. The van der Waals surface area contributed by atoms with Crippen LogP contribution in [0.3, 0.4) is 0 Å². The number of aliphatic hydroxyl groups is 1. The van der Waals surface area contributed by atoms with E-state index in [-0.39, 0.29) is 5.82 Å². The van der Waals surface area contributed by atoms with Gasteiger partial charge in [0.05, 0.1) is 6.10 Å². The molecule has 0 saturated carbocycles. The van der Waals surface area contributed by atoms with Gasteiger partial charge in [-0.25, -0.2) is 4.39 Å². The number of rotatable bonds is 4. The number of aliphatic hydroxyl groups excluding tert-OH is 1. The fourth-order valence-electron chi connectivity index (χ4n) is 1.80. The van der Waals surface area contributed by atoms with Crippen LogP contribution in [-0.2, 0) is 12.8 Å². The predicted molar refractivity (Wildman–Crippen MR) is 71.8 cm³/mol. The highest BCUT2D eigenvalue weighted by atomic mass is 79.9. The first kappa shape index (κ1) is 13.2. The summed E-state index contributed by atoms with van der Waals surface area (Å²) in [4.78, 5) is 4.00. The van der Waals surface area contributed by atoms with E-state index in [0.29, 0.717) is 17.3 Å². The summed E-state index contributed by atoms with van der Waals surface area (Å²) in [6, 6.07) is 8.26. The summed E-state index contributed by atoms with van der Waals surface area (Å²) in [5, 5.41) is 10.0. The lowest BCUT2D eigenvalue weighted by Crippen LogP contribution is -2.14. The molecule has 0 spiro atoms. The highest BCUT2D eigenvalue weighted by molar-refractivity contribution is 9.10. The molecule has 2 nitrogen and oxygen atoms in total. The molecule has 0 fully saturated rings. The SMILES string of the molecule is OC(Cc1cccnc1)Cc1ccc(F)cc1Br. The first-order valence-electron chi connectivity index (χ1n) is 5.66. The molecular weight excluding hydrogens is 297 g/mol. The zero-order valence-corrected chi connectivity index (χ0v) is 11.3. The standard InChI is InChI=1S/C14H13BrFNO/c15-14-8-12(16)4-3-11(14)7-13(18)6-10-2-1-5-17-9-10/h1-5,8-9,13,18H,6-7H2. The van der Waals surface area contributed by atoms with Gasteiger partial charge in [0.15, 0.2) is 0 Å². The Labute approximate surface area is 114 Å². The van der Waals surface area contributed by atoms with Crippen molar-refractivity contribution in [3.8, 4) is 0 Å². The van der Waals surface area contributed by atoms with E-state index in [0.717, 1.165) is 11.1 Å². The number of hydrogen-bond donors (Lipinski definition) is 1. The first-order chi connectivity index (χ1) is 8.65. The fourth-order valence-corrected chi connectivity index (χ4v) is 2.32. The van der Waals surface area contributed by atoms with Crippen molar-refractivity contribution < 1.29 is 9.50 Å². The zero-order valence-electron chi connectivity index (χ0n) is 9.68. The van der Waals surface area contributed by atoms with Gasteiger partial charge in [0.2, 0.25) is 0 Å². The Bertz CT molecular complexity index is 518. The number of nitrogens with zero attached hydrogens (tertiary/aromatic N) is 1. The van der Waals surface area contributed by atoms with E-state index in [1.807, 2.05) is 12.1 Å². The average molecular weight is 310 g/mol. The van der Waals surface area contributed by atoms with Gasteiger partial charge in [0, 0.05) is 23.3 Å². The number of pyridine rings is 1. The molecule has 1 atom stereocenters. The summed E-state index contributed by atoms with van der Waals surface area (Å²) < 4.78 is 13.6. The largest absolute Gasteiger partial charge is 0.392 e. The Kier molecular flexibility index (Phi) is 4.44. The first-order valence-corrected chi connectivity index (χ1v) is 6.45. The minimum atomic E-state index is -0.504. The average Bonchev–Trinajstić information content (AvgIpc) is 2.34. The van der Waals surface area contributed by atoms with Gasteiger partial charge in [-0.1, -0.05) is 28.1 Å². The van der Waals surface area contributed by atoms with E-state index in [1.54, 1.807) is 18.5 Å². The lowest BCUT2D eigenvalue weighted by Gasteiger charge is -2.11. The molecule has 0 aliphatic heterocycles. The van der Waals surface area contributed by atoms with Crippen LogP contribution in [0.5, 0.6) is 0 Å². The normalized spacial score (nSPS) is 12.4. The third-order valence-electron chi connectivity index (χ3n) is 2.66. The Balaban J connectivity index is 2.01. The van der Waals surface area contributed by atoms with Gasteiger partial charge >= 0.3 is 0 Å². The van der Waals surface area contributed by atoms with Gasteiger partial charge in [-0.2, -0.15) is 0 Å². The van der Waals surface area contributed by atoms with E-state index >= 15 is 0 Å². The van der Waals surface area contributed by atoms with Crippen LogP contribution in [0.1, 0.15) is 11.1 Å². The molecule has 0 amide bonds. The molecule has 4 heteroatoms. The number of halogens is 2. The van der Waals surface area contributed by atoms with Crippen molar-refractivity contribution in [2.24, 2.45) is 0 Å². The molecule has 0 radical (unpaired) electrons. The van der Waals surface area contributed by atoms with E-state index in [2.05, 4.69) is 20.9 Å². The van der Waals surface area contributed by atoms with Crippen LogP contribution < -0.4 is 0 Å². The van der Waals surface area contributed by atoms with Gasteiger partial charge in [-0.3, -0.25) is 4.98 Å². The summed E-state index contributed by atoms with van der Waals surface area (Å²) in [5.74, 6) is -0.285. The van der Waals surface area contributed by atoms with Crippen LogP contribution in [0.15, 0.2) is 47.2 Å². The Morgan fingerprint density at radius 2 is 2.11 bits per heavy atom. The lowest BCUT2D eigenvalue weighted by atomic mass is 10.0. The molecule has 0 aliphatic carbocycles. The van der Waals surface area contributed by atoms with Crippen molar-refractivity contribution in [2.45, 2.75) is 18.9 Å². The number of hydrogen-bond acceptors (Lipinski definition) is 2. The van der Waals surface area contributed by atoms with Crippen LogP contribution in [0, 0.1) is 5.82 Å². The van der Waals surface area contributed by atoms with Crippen molar-refractivity contribution in [1.82, 2.24) is 4.98 Å². The smallest absolute Gasteiger partial charge is 0.124 e. The van der Waals surface area contributed by atoms with Gasteiger partial charge in [-0.05, 0) is 35.7 Å². The number of aromatic nitrogens is 1. The summed E-state index contributed by atoms with van der Waals surface area (Å²) >= 11 is 3.30. The maximum Gasteiger partial charge on any atom is 0.124 e. The van der Waals surface area contributed by atoms with Crippen LogP contribution in [-0.4, -0.2) is 16.2 Å². The molecule has 0 bridgehead atoms. The molecule has 2 aromatic rings. The van der Waals surface area contributed by atoms with Crippen molar-refractivity contribution in [3.63, 3.8) is 0 Å². The fraction of sp³-hybridized carbons (Fsp3) is 0.214. The van der Waals surface area contributed by atoms with E-state index in [1.165, 1.54) is 12.1 Å². The minimum Gasteiger partial charge on any atom is -0.392 e. The quantitative estimate of drug-likeness (QED) is 0.941. The van der Waals surface area contributed by atoms with Gasteiger partial charge in [0.25, 0.3) is 0 Å². The molecule has 1 heterocycles. The second-order valence-corrected chi connectivity index (χ2v) is 5.01. The molecule has 1 N–H and O–H groups in total. The summed E-state index contributed by atoms with van der Waals surface area (Å²) in [6.45, 7) is 0. The van der Waals surface area contributed by atoms with Gasteiger partial charge < -0.3 is 5.11 Å². The highest BCUT2D eigenvalue weighted by Crippen LogP contribution is 2.20. The topological polar surface area (TPSA) is 33.1 Å². The third-order valence-corrected chi connectivity index (χ3v) is 3.40. The van der Waals surface area contributed by atoms with Crippen molar-refractivity contribution in [3.05, 3.63) is 64.1 Å². The minimum absolute atomic E-state index is 0.285. The predicted octanol–water partition coefficient (Wildman–Crippen LogP) is 3.13. The molecule has 1 aromatic carbocycles. The lowest BCUT2D eigenvalue weighted by molar-refractivity contribution is 0.175. The highest BCUT2D eigenvalue weighted by Gasteiger charge is 2.10. The second-order valence-electron chi connectivity index (χ2n) is 4.16. The van der Waals surface area contributed by atoms with Crippen molar-refractivity contribution >= 4 is 15.9 Å². The van der Waals surface area contributed by atoms with Crippen LogP contribution in [0.25, 0.3) is 0 Å². The Morgan fingerprint density at radius 3 is 2.78 bits per heavy atom. The Hall–Kier alpha value is -1.26. The van der Waals surface area contributed by atoms with Crippen molar-refractivity contribution in [2.75, 3.05) is 0 Å². The zero-order chi connectivity index (χ0) is 13.0. The van der Waals surface area contributed by atoms with Gasteiger partial charge in [0.1, 0.15) is 5.82 Å². The molecule has 0 aliphatic rings. The van der Waals surface area contributed by atoms with E-state index in [9.17, 15) is 9.50 Å². The van der Waals surface area contributed by atoms with E-state index < -0.39 is 6.10 Å². The molecular formula is C14H13BrFNO. The number of benzene rings is 1. The molecule has 1 aromatic heterocycles. The summed E-state index contributed by atoms with van der Waals surface area (Å²) in [6.07, 6.45) is 3.96. The maximum atomic E-state index is 12.9. The molecule has 18 heavy (non-hydrogen) atoms. The summed E-state index contributed by atoms with van der Waals surface area (Å²) in [5.41, 5.74) is 1.89. The maximum absolute atomic E-state index is 12.9. The van der Waals surface area contributed by atoms with Crippen LogP contribution in [0.4, 0.5) is 4.39 Å². The molecule has 0 saturated heterocycles. The molecule has 1 unspecified atom stereocenters. The van der Waals surface area contributed by atoms with Crippen molar-refractivity contribution in [1.29, 1.82) is 0 Å². The summed E-state index contributed by atoms with van der Waals surface area (Å²) in [7, 11) is 0. The second kappa shape index (κ2) is 6.07. The van der Waals surface area contributed by atoms with Crippen LogP contribution in [0.2, 0.25) is 0 Å². The van der Waals surface area contributed by atoms with Crippen LogP contribution >= 0.6 is 15.9 Å². The monoisotopic (exact) mass is 309 g/mol. The molecule has 94 valence electrons. The van der Waals surface area contributed by atoms with Gasteiger partial charge in [-0.15, -0.1) is 0 Å². The van der Waals surface area contributed by atoms with E-state index in [4.69, 9.17) is 0 Å².